The van der Waals surface area contributed by atoms with Gasteiger partial charge in [-0.1, -0.05) is 54.6 Å². The number of benzene rings is 2. The second-order valence-corrected chi connectivity index (χ2v) is 4.23. The molecular formula is C15H14N4. The zero-order valence-corrected chi connectivity index (χ0v) is 10.3. The standard InChI is InChI=1S/C15H14N4/c16-17-15-13-9-5-4-8-12(13)14(18-19-15)10-11-6-2-1-3-7-11/h1-10,18H,16H2,(H,17,19). The number of nitrogens with zero attached hydrogens (tertiary/aromatic N) is 1. The Morgan fingerprint density at radius 1 is 0.947 bits per heavy atom. The third kappa shape index (κ3) is 2.21. The van der Waals surface area contributed by atoms with Crippen molar-refractivity contribution >= 4 is 17.6 Å². The Kier molecular flexibility index (Phi) is 3.00. The number of hydrogen-bond acceptors (Lipinski definition) is 4. The van der Waals surface area contributed by atoms with Crippen molar-refractivity contribution in [3.63, 3.8) is 0 Å². The summed E-state index contributed by atoms with van der Waals surface area (Å²) in [5.74, 6) is 6.12. The average molecular weight is 250 g/mol. The fourth-order valence-corrected chi connectivity index (χ4v) is 2.10. The summed E-state index contributed by atoms with van der Waals surface area (Å²) in [6.07, 6.45) is 2.07. The summed E-state index contributed by atoms with van der Waals surface area (Å²) >= 11 is 0. The van der Waals surface area contributed by atoms with Crippen molar-refractivity contribution in [2.75, 3.05) is 0 Å². The molecule has 0 atom stereocenters. The van der Waals surface area contributed by atoms with Crippen LogP contribution in [0.5, 0.6) is 0 Å². The molecule has 19 heavy (non-hydrogen) atoms. The van der Waals surface area contributed by atoms with E-state index in [4.69, 9.17) is 5.84 Å². The smallest absolute Gasteiger partial charge is 0.168 e. The lowest BCUT2D eigenvalue weighted by Crippen LogP contribution is -2.35. The van der Waals surface area contributed by atoms with Crippen molar-refractivity contribution in [3.8, 4) is 0 Å². The molecule has 4 heteroatoms. The maximum Gasteiger partial charge on any atom is 0.168 e. The summed E-state index contributed by atoms with van der Waals surface area (Å²) in [7, 11) is 0. The van der Waals surface area contributed by atoms with Crippen LogP contribution < -0.4 is 16.7 Å². The Morgan fingerprint density at radius 3 is 2.37 bits per heavy atom. The number of hydrogen-bond donors (Lipinski definition) is 3. The van der Waals surface area contributed by atoms with Gasteiger partial charge in [-0.05, 0) is 11.6 Å². The van der Waals surface area contributed by atoms with Gasteiger partial charge in [0.15, 0.2) is 5.84 Å². The van der Waals surface area contributed by atoms with E-state index >= 15 is 0 Å². The number of amidine groups is 1. The van der Waals surface area contributed by atoms with Crippen molar-refractivity contribution in [3.05, 3.63) is 71.3 Å². The van der Waals surface area contributed by atoms with Crippen molar-refractivity contribution < 1.29 is 0 Å². The van der Waals surface area contributed by atoms with Crippen LogP contribution in [0.3, 0.4) is 0 Å². The van der Waals surface area contributed by atoms with Gasteiger partial charge in [0.2, 0.25) is 0 Å². The average Bonchev–Trinajstić information content (AvgIpc) is 2.49. The molecule has 0 spiro atoms. The topological polar surface area (TPSA) is 62.4 Å². The third-order valence-electron chi connectivity index (χ3n) is 3.01. The molecule has 94 valence electrons. The van der Waals surface area contributed by atoms with Crippen molar-refractivity contribution in [1.82, 2.24) is 10.9 Å². The van der Waals surface area contributed by atoms with Crippen molar-refractivity contribution in [2.24, 2.45) is 10.9 Å². The van der Waals surface area contributed by atoms with Crippen LogP contribution in [0.15, 0.2) is 59.7 Å². The monoisotopic (exact) mass is 250 g/mol. The van der Waals surface area contributed by atoms with E-state index in [9.17, 15) is 0 Å². The molecule has 4 N–H and O–H groups in total. The van der Waals surface area contributed by atoms with E-state index in [0.29, 0.717) is 5.84 Å². The summed E-state index contributed by atoms with van der Waals surface area (Å²) in [5.41, 5.74) is 9.79. The first-order valence-corrected chi connectivity index (χ1v) is 6.05. The van der Waals surface area contributed by atoms with E-state index in [-0.39, 0.29) is 0 Å². The molecule has 0 aliphatic carbocycles. The van der Waals surface area contributed by atoms with Crippen LogP contribution in [0.4, 0.5) is 0 Å². The van der Waals surface area contributed by atoms with E-state index < -0.39 is 0 Å². The second kappa shape index (κ2) is 4.96. The second-order valence-electron chi connectivity index (χ2n) is 4.23. The predicted molar refractivity (Wildman–Crippen MR) is 77.8 cm³/mol. The van der Waals surface area contributed by atoms with Crippen LogP contribution >= 0.6 is 0 Å². The van der Waals surface area contributed by atoms with Gasteiger partial charge in [-0.15, -0.1) is 0 Å². The molecule has 1 heterocycles. The molecule has 3 rings (SSSR count). The van der Waals surface area contributed by atoms with Gasteiger partial charge in [0.1, 0.15) is 0 Å². The largest absolute Gasteiger partial charge is 0.307 e. The minimum absolute atomic E-state index is 0.640. The lowest BCUT2D eigenvalue weighted by Gasteiger charge is -2.19. The van der Waals surface area contributed by atoms with Crippen molar-refractivity contribution in [1.29, 1.82) is 0 Å². The number of hydrazine groups is 1. The van der Waals surface area contributed by atoms with Gasteiger partial charge in [-0.25, -0.2) is 5.84 Å². The molecule has 4 nitrogen and oxygen atoms in total. The fraction of sp³-hybridized carbons (Fsp3) is 0. The number of nitrogens with two attached hydrogens (primary N) is 1. The minimum atomic E-state index is 0.640. The Labute approximate surface area is 111 Å². The van der Waals surface area contributed by atoms with Crippen LogP contribution in [0.2, 0.25) is 0 Å². The summed E-state index contributed by atoms with van der Waals surface area (Å²) in [5, 5.41) is 4.23. The third-order valence-corrected chi connectivity index (χ3v) is 3.01. The number of hydrazone groups is 1. The molecule has 0 bridgehead atoms. The SMILES string of the molecule is NNC1=NNC(=Cc2ccccc2)c2ccccc21. The first-order valence-electron chi connectivity index (χ1n) is 6.05. The number of rotatable bonds is 1. The van der Waals surface area contributed by atoms with Crippen LogP contribution in [0.25, 0.3) is 11.8 Å². The number of fused-ring (bicyclic) bond motifs is 1. The van der Waals surface area contributed by atoms with Crippen LogP contribution in [0, 0.1) is 0 Å². The van der Waals surface area contributed by atoms with Gasteiger partial charge >= 0.3 is 0 Å². The first-order chi connectivity index (χ1) is 9.38. The minimum Gasteiger partial charge on any atom is -0.307 e. The molecular weight excluding hydrogens is 236 g/mol. The molecule has 0 unspecified atom stereocenters. The molecule has 1 aliphatic heterocycles. The molecule has 0 saturated heterocycles. The van der Waals surface area contributed by atoms with Crippen LogP contribution in [0.1, 0.15) is 16.7 Å². The molecule has 0 radical (unpaired) electrons. The highest BCUT2D eigenvalue weighted by Gasteiger charge is 2.16. The molecule has 0 amide bonds. The van der Waals surface area contributed by atoms with E-state index in [0.717, 1.165) is 22.4 Å². The van der Waals surface area contributed by atoms with Crippen molar-refractivity contribution in [2.45, 2.75) is 0 Å². The summed E-state index contributed by atoms with van der Waals surface area (Å²) in [4.78, 5) is 0. The Bertz CT molecular complexity index is 644. The van der Waals surface area contributed by atoms with Gasteiger partial charge in [0.25, 0.3) is 0 Å². The summed E-state index contributed by atoms with van der Waals surface area (Å²) in [6.45, 7) is 0. The Morgan fingerprint density at radius 2 is 1.63 bits per heavy atom. The molecule has 0 fully saturated rings. The van der Waals surface area contributed by atoms with E-state index in [1.165, 1.54) is 0 Å². The molecule has 1 aliphatic rings. The lowest BCUT2D eigenvalue weighted by atomic mass is 10.0. The highest BCUT2D eigenvalue weighted by molar-refractivity contribution is 6.05. The van der Waals surface area contributed by atoms with Crippen LogP contribution in [-0.4, -0.2) is 5.84 Å². The maximum atomic E-state index is 5.48. The van der Waals surface area contributed by atoms with E-state index in [2.05, 4.69) is 34.2 Å². The van der Waals surface area contributed by atoms with Gasteiger partial charge in [-0.3, -0.25) is 5.43 Å². The highest BCUT2D eigenvalue weighted by atomic mass is 15.4. The molecule has 0 saturated carbocycles. The zero-order chi connectivity index (χ0) is 13.1. The van der Waals surface area contributed by atoms with E-state index in [1.54, 1.807) is 0 Å². The summed E-state index contributed by atoms with van der Waals surface area (Å²) in [6, 6.07) is 18.1. The zero-order valence-electron chi connectivity index (χ0n) is 10.3. The lowest BCUT2D eigenvalue weighted by molar-refractivity contribution is 0.918. The van der Waals surface area contributed by atoms with Gasteiger partial charge < -0.3 is 5.43 Å². The normalized spacial score (nSPS) is 15.4. The quantitative estimate of drug-likeness (QED) is 0.535. The predicted octanol–water partition coefficient (Wildman–Crippen LogP) is 1.91. The molecule has 0 aromatic heterocycles. The van der Waals surface area contributed by atoms with Crippen LogP contribution in [-0.2, 0) is 0 Å². The number of nitrogens with one attached hydrogen (secondary N) is 2. The van der Waals surface area contributed by atoms with Gasteiger partial charge in [0, 0.05) is 11.1 Å². The first kappa shape index (κ1) is 11.5. The molecule has 2 aromatic rings. The Balaban J connectivity index is 2.07. The van der Waals surface area contributed by atoms with Gasteiger partial charge in [-0.2, -0.15) is 5.10 Å². The van der Waals surface area contributed by atoms with Gasteiger partial charge in [0.05, 0.1) is 5.70 Å². The summed E-state index contributed by atoms with van der Waals surface area (Å²) < 4.78 is 0. The van der Waals surface area contributed by atoms with E-state index in [1.807, 2.05) is 42.5 Å². The highest BCUT2D eigenvalue weighted by Crippen LogP contribution is 2.23. The Hall–Kier alpha value is -2.59. The fourth-order valence-electron chi connectivity index (χ4n) is 2.10. The molecule has 2 aromatic carbocycles. The maximum absolute atomic E-state index is 5.48.